The molecule has 5 rings (SSSR count). The minimum absolute atomic E-state index is 0.113. The molecule has 206 valence electrons. The molecule has 3 aromatic carbocycles. The summed E-state index contributed by atoms with van der Waals surface area (Å²) in [4.78, 5) is 18.6. The summed E-state index contributed by atoms with van der Waals surface area (Å²) in [5.74, 6) is 1.18. The summed E-state index contributed by atoms with van der Waals surface area (Å²) in [6.07, 6.45) is 0.712. The maximum absolute atomic E-state index is 13.5. The molecule has 0 aliphatic carbocycles. The molecule has 0 spiro atoms. The van der Waals surface area contributed by atoms with Gasteiger partial charge in [-0.3, -0.25) is 9.69 Å². The molecule has 0 amide bonds. The number of hydrogen-bond donors (Lipinski definition) is 1. The van der Waals surface area contributed by atoms with Crippen LogP contribution < -0.4 is 10.3 Å². The van der Waals surface area contributed by atoms with Gasteiger partial charge in [0.25, 0.3) is 5.56 Å². The van der Waals surface area contributed by atoms with Crippen molar-refractivity contribution >= 4 is 10.9 Å². The maximum Gasteiger partial charge on any atom is 0.252 e. The summed E-state index contributed by atoms with van der Waals surface area (Å²) in [6.45, 7) is 7.54. The first-order valence-corrected chi connectivity index (χ1v) is 13.3. The lowest BCUT2D eigenvalue weighted by Gasteiger charge is -2.30. The van der Waals surface area contributed by atoms with Gasteiger partial charge in [0.2, 0.25) is 0 Å². The second kappa shape index (κ2) is 11.8. The number of aromatic nitrogens is 5. The number of H-pyrrole nitrogens is 1. The molecule has 40 heavy (non-hydrogen) atoms. The van der Waals surface area contributed by atoms with E-state index in [0.717, 1.165) is 38.9 Å². The number of ether oxygens (including phenoxy) is 1. The van der Waals surface area contributed by atoms with Gasteiger partial charge in [0, 0.05) is 29.6 Å². The van der Waals surface area contributed by atoms with Crippen LogP contribution in [0.25, 0.3) is 10.9 Å². The Morgan fingerprint density at radius 1 is 1.00 bits per heavy atom. The molecular weight excluding hydrogens is 507 g/mol. The van der Waals surface area contributed by atoms with Gasteiger partial charge in [-0.15, -0.1) is 5.10 Å². The van der Waals surface area contributed by atoms with Crippen LogP contribution in [0.2, 0.25) is 0 Å². The average molecular weight is 541 g/mol. The normalized spacial score (nSPS) is 12.2. The zero-order chi connectivity index (χ0) is 28.2. The quantitative estimate of drug-likeness (QED) is 0.252. The number of halogens is 1. The van der Waals surface area contributed by atoms with Crippen LogP contribution in [0.5, 0.6) is 5.75 Å². The van der Waals surface area contributed by atoms with Gasteiger partial charge in [-0.25, -0.2) is 9.07 Å². The van der Waals surface area contributed by atoms with Gasteiger partial charge in [0.1, 0.15) is 11.6 Å². The molecule has 8 nitrogen and oxygen atoms in total. The number of nitrogens with zero attached hydrogens (tertiary/aromatic N) is 5. The molecule has 0 aliphatic rings. The monoisotopic (exact) mass is 540 g/mol. The molecule has 0 fully saturated rings. The van der Waals surface area contributed by atoms with Crippen LogP contribution in [0.1, 0.15) is 53.0 Å². The van der Waals surface area contributed by atoms with Crippen molar-refractivity contribution in [3.63, 3.8) is 0 Å². The fraction of sp³-hybridized carbons (Fsp3) is 0.290. The van der Waals surface area contributed by atoms with E-state index in [1.54, 1.807) is 23.9 Å². The number of rotatable bonds is 10. The Morgan fingerprint density at radius 2 is 1.73 bits per heavy atom. The van der Waals surface area contributed by atoms with E-state index in [0.29, 0.717) is 37.4 Å². The van der Waals surface area contributed by atoms with Crippen molar-refractivity contribution in [2.24, 2.45) is 0 Å². The molecule has 0 saturated heterocycles. The van der Waals surface area contributed by atoms with Crippen LogP contribution in [-0.2, 0) is 19.6 Å². The van der Waals surface area contributed by atoms with E-state index in [4.69, 9.17) is 4.74 Å². The summed E-state index contributed by atoms with van der Waals surface area (Å²) in [5, 5.41) is 13.7. The van der Waals surface area contributed by atoms with E-state index in [1.807, 2.05) is 43.3 Å². The number of fused-ring (bicyclic) bond motifs is 1. The smallest absolute Gasteiger partial charge is 0.252 e. The second-order valence-corrected chi connectivity index (χ2v) is 10.2. The van der Waals surface area contributed by atoms with E-state index in [-0.39, 0.29) is 17.4 Å². The zero-order valence-electron chi connectivity index (χ0n) is 23.2. The minimum Gasteiger partial charge on any atom is -0.497 e. The van der Waals surface area contributed by atoms with Crippen molar-refractivity contribution in [1.82, 2.24) is 30.1 Å². The molecule has 0 unspecified atom stereocenters. The third-order valence-corrected chi connectivity index (χ3v) is 7.24. The van der Waals surface area contributed by atoms with E-state index in [9.17, 15) is 9.18 Å². The Kier molecular flexibility index (Phi) is 8.02. The van der Waals surface area contributed by atoms with Gasteiger partial charge in [0.05, 0.1) is 19.7 Å². The van der Waals surface area contributed by atoms with Crippen molar-refractivity contribution in [3.8, 4) is 5.75 Å². The van der Waals surface area contributed by atoms with Gasteiger partial charge in [0.15, 0.2) is 5.82 Å². The van der Waals surface area contributed by atoms with Gasteiger partial charge >= 0.3 is 0 Å². The first kappa shape index (κ1) is 27.2. The summed E-state index contributed by atoms with van der Waals surface area (Å²) < 4.78 is 20.6. The van der Waals surface area contributed by atoms with Crippen molar-refractivity contribution in [2.75, 3.05) is 7.11 Å². The molecule has 5 aromatic rings. The lowest BCUT2D eigenvalue weighted by Crippen LogP contribution is -2.32. The maximum atomic E-state index is 13.5. The van der Waals surface area contributed by atoms with Crippen LogP contribution >= 0.6 is 0 Å². The molecule has 1 atom stereocenters. The predicted molar refractivity (Wildman–Crippen MR) is 153 cm³/mol. The molecule has 0 saturated carbocycles. The second-order valence-electron chi connectivity index (χ2n) is 10.2. The average Bonchev–Trinajstić information content (AvgIpc) is 3.39. The third-order valence-electron chi connectivity index (χ3n) is 7.24. The fourth-order valence-corrected chi connectivity index (χ4v) is 5.22. The Labute approximate surface area is 232 Å². The van der Waals surface area contributed by atoms with Crippen LogP contribution in [0.3, 0.4) is 0 Å². The number of aromatic amines is 1. The summed E-state index contributed by atoms with van der Waals surface area (Å²) in [6, 6.07) is 20.2. The highest BCUT2D eigenvalue weighted by atomic mass is 19.1. The molecule has 1 N–H and O–H groups in total. The fourth-order valence-electron chi connectivity index (χ4n) is 5.22. The number of benzene rings is 3. The molecule has 2 heterocycles. The van der Waals surface area contributed by atoms with Crippen LogP contribution in [0.4, 0.5) is 4.39 Å². The topological polar surface area (TPSA) is 88.9 Å². The zero-order valence-corrected chi connectivity index (χ0v) is 23.2. The minimum atomic E-state index is -0.288. The van der Waals surface area contributed by atoms with Gasteiger partial charge in [-0.1, -0.05) is 37.3 Å². The van der Waals surface area contributed by atoms with Crippen LogP contribution in [-0.4, -0.2) is 37.2 Å². The van der Waals surface area contributed by atoms with Gasteiger partial charge in [-0.2, -0.15) is 0 Å². The SMILES string of the molecule is CC[C@H](c1nnnn1Cc1ccc(F)cc1)N(Cc1ccc(OC)cc1)Cc1cc2c(C)cc(C)cc2[nH]c1=O. The highest BCUT2D eigenvalue weighted by molar-refractivity contribution is 5.83. The van der Waals surface area contributed by atoms with E-state index < -0.39 is 0 Å². The van der Waals surface area contributed by atoms with Crippen molar-refractivity contribution in [1.29, 1.82) is 0 Å². The van der Waals surface area contributed by atoms with E-state index in [1.165, 1.54) is 12.1 Å². The number of nitrogens with one attached hydrogen (secondary N) is 1. The standard InChI is InChI=1S/C31H33FN6O2/c1-5-29(30-34-35-36-38(30)18-23-6-10-25(32)11-7-23)37(17-22-8-12-26(40-4)13-9-22)19-24-16-27-21(3)14-20(2)15-28(27)33-31(24)39/h6-16,29H,5,17-19H2,1-4H3,(H,33,39)/t29-/m1/s1. The van der Waals surface area contributed by atoms with Crippen molar-refractivity contribution < 1.29 is 9.13 Å². The Balaban J connectivity index is 1.53. The number of tetrazole rings is 1. The van der Waals surface area contributed by atoms with E-state index in [2.05, 4.69) is 45.3 Å². The number of pyridine rings is 1. The largest absolute Gasteiger partial charge is 0.497 e. The van der Waals surface area contributed by atoms with Crippen molar-refractivity contribution in [3.05, 3.63) is 117 Å². The predicted octanol–water partition coefficient (Wildman–Crippen LogP) is 5.48. The molecule has 2 aromatic heterocycles. The highest BCUT2D eigenvalue weighted by Gasteiger charge is 2.26. The molecule has 0 radical (unpaired) electrons. The lowest BCUT2D eigenvalue weighted by atomic mass is 10.0. The summed E-state index contributed by atoms with van der Waals surface area (Å²) in [5.41, 5.74) is 5.58. The first-order chi connectivity index (χ1) is 19.3. The first-order valence-electron chi connectivity index (χ1n) is 13.3. The van der Waals surface area contributed by atoms with Crippen LogP contribution in [0.15, 0.2) is 71.5 Å². The van der Waals surface area contributed by atoms with Crippen molar-refractivity contribution in [2.45, 2.75) is 52.9 Å². The van der Waals surface area contributed by atoms with Gasteiger partial charge < -0.3 is 9.72 Å². The Bertz CT molecular complexity index is 1660. The number of aryl methyl sites for hydroxylation is 2. The Hall–Kier alpha value is -4.37. The van der Waals surface area contributed by atoms with Crippen LogP contribution in [0, 0.1) is 19.7 Å². The number of methoxy groups -OCH3 is 1. The molecule has 0 bridgehead atoms. The molecule has 9 heteroatoms. The summed E-state index contributed by atoms with van der Waals surface area (Å²) >= 11 is 0. The van der Waals surface area contributed by atoms with E-state index >= 15 is 0 Å². The Morgan fingerprint density at radius 3 is 2.42 bits per heavy atom. The molecular formula is C31H33FN6O2. The third kappa shape index (κ3) is 5.94. The summed E-state index contributed by atoms with van der Waals surface area (Å²) in [7, 11) is 1.64. The highest BCUT2D eigenvalue weighted by Crippen LogP contribution is 2.28. The number of hydrogen-bond acceptors (Lipinski definition) is 6. The van der Waals surface area contributed by atoms with Gasteiger partial charge in [-0.05, 0) is 89.3 Å². The molecule has 0 aliphatic heterocycles. The lowest BCUT2D eigenvalue weighted by molar-refractivity contribution is 0.161.